The van der Waals surface area contributed by atoms with E-state index >= 15 is 0 Å². The number of H-pyrrole nitrogens is 1. The van der Waals surface area contributed by atoms with Gasteiger partial charge < -0.3 is 4.74 Å². The topological polar surface area (TPSA) is 63.7 Å². The van der Waals surface area contributed by atoms with Crippen LogP contribution in [-0.2, 0) is 0 Å². The van der Waals surface area contributed by atoms with Crippen LogP contribution < -0.4 is 4.74 Å². The Hall–Kier alpha value is -1.73. The molecule has 0 saturated heterocycles. The first-order chi connectivity index (χ1) is 10.3. The van der Waals surface area contributed by atoms with Crippen molar-refractivity contribution in [2.75, 3.05) is 19.6 Å². The molecular weight excluding hydrogens is 304 g/mol. The van der Waals surface area contributed by atoms with Crippen molar-refractivity contribution in [2.45, 2.75) is 10.2 Å². The molecule has 1 N–H and O–H groups in total. The zero-order valence-corrected chi connectivity index (χ0v) is 13.5. The van der Waals surface area contributed by atoms with E-state index in [2.05, 4.69) is 20.2 Å². The number of benzene rings is 1. The Bertz CT molecular complexity index is 770. The molecule has 0 bridgehead atoms. The molecule has 0 aliphatic carbocycles. The predicted octanol–water partition coefficient (Wildman–Crippen LogP) is 3.47. The van der Waals surface area contributed by atoms with Crippen LogP contribution in [0, 0.1) is 0 Å². The Balaban J connectivity index is 2.18. The Kier molecular flexibility index (Phi) is 4.03. The maximum Gasteiger partial charge on any atom is 0.190 e. The van der Waals surface area contributed by atoms with Crippen LogP contribution in [0.4, 0.5) is 0 Å². The summed E-state index contributed by atoms with van der Waals surface area (Å²) in [4.78, 5) is 9.01. The number of methoxy groups -OCH3 is 1. The maximum absolute atomic E-state index is 5.19. The highest BCUT2D eigenvalue weighted by atomic mass is 32.2. The standard InChI is InChI=1S/C14H14N4OS2/c1-19-9-6-4-8(5-7-9)11-10-12(18-17-11)15-14(21-3)16-13(10)20-2/h4-7H,1-3H3,(H,15,16,17,18). The Morgan fingerprint density at radius 3 is 2.43 bits per heavy atom. The van der Waals surface area contributed by atoms with E-state index in [1.807, 2.05) is 36.8 Å². The van der Waals surface area contributed by atoms with Crippen LogP contribution in [0.2, 0.25) is 0 Å². The van der Waals surface area contributed by atoms with Crippen molar-refractivity contribution >= 4 is 34.6 Å². The van der Waals surface area contributed by atoms with Crippen molar-refractivity contribution in [1.29, 1.82) is 0 Å². The van der Waals surface area contributed by atoms with E-state index < -0.39 is 0 Å². The minimum Gasteiger partial charge on any atom is -0.497 e. The smallest absolute Gasteiger partial charge is 0.190 e. The number of hydrogen-bond donors (Lipinski definition) is 1. The van der Waals surface area contributed by atoms with E-state index in [-0.39, 0.29) is 0 Å². The highest BCUT2D eigenvalue weighted by Crippen LogP contribution is 2.33. The molecule has 3 aromatic rings. The number of nitrogens with one attached hydrogen (secondary N) is 1. The van der Waals surface area contributed by atoms with Gasteiger partial charge in [0.1, 0.15) is 10.8 Å². The van der Waals surface area contributed by atoms with Crippen LogP contribution in [0.15, 0.2) is 34.4 Å². The van der Waals surface area contributed by atoms with Crippen molar-refractivity contribution < 1.29 is 4.74 Å². The Labute approximate surface area is 130 Å². The van der Waals surface area contributed by atoms with Crippen molar-refractivity contribution in [3.05, 3.63) is 24.3 Å². The number of fused-ring (bicyclic) bond motifs is 1. The van der Waals surface area contributed by atoms with Crippen molar-refractivity contribution in [3.8, 4) is 17.0 Å². The molecule has 5 nitrogen and oxygen atoms in total. The predicted molar refractivity (Wildman–Crippen MR) is 87.2 cm³/mol. The van der Waals surface area contributed by atoms with Gasteiger partial charge in [-0.3, -0.25) is 5.10 Å². The summed E-state index contributed by atoms with van der Waals surface area (Å²) in [5.74, 6) is 0.827. The Morgan fingerprint density at radius 1 is 1.05 bits per heavy atom. The lowest BCUT2D eigenvalue weighted by atomic mass is 10.1. The quantitative estimate of drug-likeness (QED) is 0.451. The second-order valence-electron chi connectivity index (χ2n) is 4.25. The van der Waals surface area contributed by atoms with Crippen molar-refractivity contribution in [3.63, 3.8) is 0 Å². The highest BCUT2D eigenvalue weighted by Gasteiger charge is 2.15. The molecule has 2 heterocycles. The number of rotatable bonds is 4. The zero-order chi connectivity index (χ0) is 14.8. The van der Waals surface area contributed by atoms with E-state index in [0.29, 0.717) is 5.65 Å². The lowest BCUT2D eigenvalue weighted by molar-refractivity contribution is 0.415. The minimum atomic E-state index is 0.699. The summed E-state index contributed by atoms with van der Waals surface area (Å²) in [5.41, 5.74) is 2.67. The van der Waals surface area contributed by atoms with Gasteiger partial charge in [-0.05, 0) is 36.8 Å². The molecule has 0 aliphatic rings. The van der Waals surface area contributed by atoms with Crippen LogP contribution in [0.25, 0.3) is 22.3 Å². The molecule has 0 aliphatic heterocycles. The largest absolute Gasteiger partial charge is 0.497 e. The normalized spacial score (nSPS) is 11.0. The average molecular weight is 318 g/mol. The molecule has 3 rings (SSSR count). The summed E-state index contributed by atoms with van der Waals surface area (Å²) in [7, 11) is 1.66. The number of hydrogen-bond acceptors (Lipinski definition) is 6. The van der Waals surface area contributed by atoms with Gasteiger partial charge in [-0.1, -0.05) is 11.8 Å². The van der Waals surface area contributed by atoms with Gasteiger partial charge in [-0.15, -0.1) is 11.8 Å². The molecule has 2 aromatic heterocycles. The molecule has 1 aromatic carbocycles. The third kappa shape index (κ3) is 2.58. The van der Waals surface area contributed by atoms with Gasteiger partial charge in [0.15, 0.2) is 10.8 Å². The van der Waals surface area contributed by atoms with Gasteiger partial charge in [0.25, 0.3) is 0 Å². The number of thioether (sulfide) groups is 2. The average Bonchev–Trinajstić information content (AvgIpc) is 2.97. The van der Waals surface area contributed by atoms with Crippen LogP contribution in [0.3, 0.4) is 0 Å². The second-order valence-corrected chi connectivity index (χ2v) is 5.81. The Morgan fingerprint density at radius 2 is 1.81 bits per heavy atom. The van der Waals surface area contributed by atoms with Gasteiger partial charge >= 0.3 is 0 Å². The number of nitrogens with zero attached hydrogens (tertiary/aromatic N) is 3. The molecule has 0 saturated carbocycles. The van der Waals surface area contributed by atoms with Crippen LogP contribution in [0.5, 0.6) is 5.75 Å². The third-order valence-corrected chi connectivity index (χ3v) is 4.34. The molecule has 0 spiro atoms. The monoisotopic (exact) mass is 318 g/mol. The van der Waals surface area contributed by atoms with Gasteiger partial charge in [-0.25, -0.2) is 9.97 Å². The maximum atomic E-state index is 5.19. The molecule has 0 unspecified atom stereocenters. The minimum absolute atomic E-state index is 0.699. The number of aromatic amines is 1. The summed E-state index contributed by atoms with van der Waals surface area (Å²) in [6, 6.07) is 7.85. The summed E-state index contributed by atoms with van der Waals surface area (Å²) in [6.45, 7) is 0. The second kappa shape index (κ2) is 5.95. The molecule has 7 heteroatoms. The lowest BCUT2D eigenvalue weighted by Gasteiger charge is -2.04. The van der Waals surface area contributed by atoms with Gasteiger partial charge in [0, 0.05) is 5.56 Å². The van der Waals surface area contributed by atoms with Gasteiger partial charge in [-0.2, -0.15) is 5.10 Å². The van der Waals surface area contributed by atoms with Crippen molar-refractivity contribution in [1.82, 2.24) is 20.2 Å². The fraction of sp³-hybridized carbons (Fsp3) is 0.214. The number of ether oxygens (including phenoxy) is 1. The SMILES string of the molecule is COc1ccc(-c2[nH]nc3nc(SC)nc(SC)c23)cc1. The van der Waals surface area contributed by atoms with Crippen LogP contribution in [-0.4, -0.2) is 39.8 Å². The van der Waals surface area contributed by atoms with Crippen molar-refractivity contribution in [2.24, 2.45) is 0 Å². The molecule has 108 valence electrons. The first kappa shape index (κ1) is 14.2. The molecule has 0 fully saturated rings. The van der Waals surface area contributed by atoms with Gasteiger partial charge in [0.05, 0.1) is 18.2 Å². The van der Waals surface area contributed by atoms with Crippen LogP contribution >= 0.6 is 23.5 Å². The molecule has 0 amide bonds. The fourth-order valence-electron chi connectivity index (χ4n) is 2.08. The zero-order valence-electron chi connectivity index (χ0n) is 11.9. The van der Waals surface area contributed by atoms with Gasteiger partial charge in [0.2, 0.25) is 0 Å². The van der Waals surface area contributed by atoms with E-state index in [9.17, 15) is 0 Å². The van der Waals surface area contributed by atoms with E-state index in [1.165, 1.54) is 11.8 Å². The highest BCUT2D eigenvalue weighted by molar-refractivity contribution is 7.99. The third-order valence-electron chi connectivity index (χ3n) is 3.11. The molecular formula is C14H14N4OS2. The van der Waals surface area contributed by atoms with E-state index in [4.69, 9.17) is 4.74 Å². The summed E-state index contributed by atoms with van der Waals surface area (Å²) < 4.78 is 5.19. The van der Waals surface area contributed by atoms with E-state index in [0.717, 1.165) is 32.6 Å². The molecule has 0 atom stereocenters. The molecule has 0 radical (unpaired) electrons. The summed E-state index contributed by atoms with van der Waals surface area (Å²) in [5, 5.41) is 10.0. The van der Waals surface area contributed by atoms with Crippen LogP contribution in [0.1, 0.15) is 0 Å². The summed E-state index contributed by atoms with van der Waals surface area (Å²) in [6.07, 6.45) is 3.97. The van der Waals surface area contributed by atoms with E-state index in [1.54, 1.807) is 18.9 Å². The molecule has 21 heavy (non-hydrogen) atoms. The first-order valence-electron chi connectivity index (χ1n) is 6.25. The summed E-state index contributed by atoms with van der Waals surface area (Å²) >= 11 is 3.12. The fourth-order valence-corrected chi connectivity index (χ4v) is 3.07. The first-order valence-corrected chi connectivity index (χ1v) is 8.70. The lowest BCUT2D eigenvalue weighted by Crippen LogP contribution is -1.91. The number of aromatic nitrogens is 4.